The van der Waals surface area contributed by atoms with E-state index in [-0.39, 0.29) is 0 Å². The summed E-state index contributed by atoms with van der Waals surface area (Å²) in [6.45, 7) is 5.31. The minimum Gasteiger partial charge on any atom is -0.494 e. The molecular formula is C30H40O. The maximum Gasteiger partial charge on any atom is 0.119 e. The van der Waals surface area contributed by atoms with Crippen LogP contribution in [0.3, 0.4) is 0 Å². The highest BCUT2D eigenvalue weighted by molar-refractivity contribution is 5.65. The summed E-state index contributed by atoms with van der Waals surface area (Å²) in [5.41, 5.74) is 3.59. The average Bonchev–Trinajstić information content (AvgIpc) is 2.82. The Balaban J connectivity index is 1.47. The Kier molecular flexibility index (Phi) is 10.0. The van der Waals surface area contributed by atoms with Gasteiger partial charge < -0.3 is 4.74 Å². The topological polar surface area (TPSA) is 9.23 Å². The van der Waals surface area contributed by atoms with Crippen molar-refractivity contribution in [2.45, 2.75) is 84.5 Å². The van der Waals surface area contributed by atoms with Crippen LogP contribution in [0.15, 0.2) is 48.5 Å². The van der Waals surface area contributed by atoms with Crippen molar-refractivity contribution in [3.63, 3.8) is 0 Å². The lowest BCUT2D eigenvalue weighted by atomic mass is 9.80. The fraction of sp³-hybridized carbons (Fsp3) is 0.533. The molecule has 0 aromatic heterocycles. The van der Waals surface area contributed by atoms with Crippen molar-refractivity contribution in [2.24, 2.45) is 11.8 Å². The number of benzene rings is 2. The van der Waals surface area contributed by atoms with Gasteiger partial charge in [0.1, 0.15) is 5.75 Å². The second-order valence-electron chi connectivity index (χ2n) is 9.14. The predicted molar refractivity (Wildman–Crippen MR) is 133 cm³/mol. The minimum atomic E-state index is 0.590. The summed E-state index contributed by atoms with van der Waals surface area (Å²) < 4.78 is 5.82. The largest absolute Gasteiger partial charge is 0.494 e. The molecule has 0 N–H and O–H groups in total. The highest BCUT2D eigenvalue weighted by Crippen LogP contribution is 2.31. The van der Waals surface area contributed by atoms with Crippen molar-refractivity contribution in [3.05, 3.63) is 54.1 Å². The van der Waals surface area contributed by atoms with Gasteiger partial charge in [0.25, 0.3) is 0 Å². The van der Waals surface area contributed by atoms with Gasteiger partial charge >= 0.3 is 0 Å². The number of hydrogen-bond donors (Lipinski definition) is 0. The number of ether oxygens (including phenoxy) is 1. The normalized spacial score (nSPS) is 18.3. The van der Waals surface area contributed by atoms with E-state index in [9.17, 15) is 0 Å². The molecule has 1 aliphatic carbocycles. The van der Waals surface area contributed by atoms with Gasteiger partial charge in [0, 0.05) is 11.5 Å². The first-order chi connectivity index (χ1) is 15.3. The van der Waals surface area contributed by atoms with Crippen LogP contribution in [0.1, 0.15) is 90.0 Å². The Morgan fingerprint density at radius 3 is 2.00 bits per heavy atom. The van der Waals surface area contributed by atoms with Crippen LogP contribution in [0.4, 0.5) is 0 Å². The minimum absolute atomic E-state index is 0.590. The summed E-state index contributed by atoms with van der Waals surface area (Å²) in [4.78, 5) is 0. The monoisotopic (exact) mass is 416 g/mol. The molecule has 31 heavy (non-hydrogen) atoms. The smallest absolute Gasteiger partial charge is 0.119 e. The van der Waals surface area contributed by atoms with Gasteiger partial charge in [-0.2, -0.15) is 0 Å². The molecule has 0 amide bonds. The van der Waals surface area contributed by atoms with E-state index >= 15 is 0 Å². The fourth-order valence-electron chi connectivity index (χ4n) is 4.50. The van der Waals surface area contributed by atoms with Gasteiger partial charge in [-0.3, -0.25) is 0 Å². The molecule has 0 unspecified atom stereocenters. The van der Waals surface area contributed by atoms with E-state index < -0.39 is 0 Å². The van der Waals surface area contributed by atoms with Gasteiger partial charge in [-0.25, -0.2) is 0 Å². The molecule has 0 aliphatic heterocycles. The molecule has 1 aliphatic rings. The van der Waals surface area contributed by atoms with Gasteiger partial charge in [-0.05, 0) is 73.4 Å². The summed E-state index contributed by atoms with van der Waals surface area (Å²) >= 11 is 0. The van der Waals surface area contributed by atoms with Crippen molar-refractivity contribution in [2.75, 3.05) is 6.61 Å². The molecule has 166 valence electrons. The van der Waals surface area contributed by atoms with E-state index in [0.29, 0.717) is 5.92 Å². The fourth-order valence-corrected chi connectivity index (χ4v) is 4.50. The standard InChI is InChI=1S/C30H40O/c1-3-5-7-9-25-10-12-26(13-11-25)14-15-27-16-18-28(19-17-27)29-20-22-30(23-21-29)31-24-8-6-4-2/h16-23,25-26H,3-13,24H2,1-2H3. The van der Waals surface area contributed by atoms with E-state index in [4.69, 9.17) is 4.74 Å². The summed E-state index contributed by atoms with van der Waals surface area (Å²) in [5.74, 6) is 9.49. The lowest BCUT2D eigenvalue weighted by molar-refractivity contribution is 0.294. The van der Waals surface area contributed by atoms with Crippen LogP contribution >= 0.6 is 0 Å². The molecule has 0 atom stereocenters. The van der Waals surface area contributed by atoms with Crippen LogP contribution in [0.25, 0.3) is 11.1 Å². The van der Waals surface area contributed by atoms with Crippen LogP contribution in [-0.2, 0) is 0 Å². The summed E-state index contributed by atoms with van der Waals surface area (Å²) in [5, 5.41) is 0. The van der Waals surface area contributed by atoms with Crippen molar-refractivity contribution in [1.29, 1.82) is 0 Å². The van der Waals surface area contributed by atoms with Crippen LogP contribution in [0.2, 0.25) is 0 Å². The molecular weight excluding hydrogens is 376 g/mol. The molecule has 2 aromatic carbocycles. The van der Waals surface area contributed by atoms with Crippen LogP contribution in [-0.4, -0.2) is 6.61 Å². The van der Waals surface area contributed by atoms with Crippen molar-refractivity contribution >= 4 is 0 Å². The van der Waals surface area contributed by atoms with Crippen LogP contribution < -0.4 is 4.74 Å². The molecule has 0 heterocycles. The average molecular weight is 417 g/mol. The van der Waals surface area contributed by atoms with E-state index in [0.717, 1.165) is 30.3 Å². The third kappa shape index (κ3) is 8.10. The maximum absolute atomic E-state index is 5.82. The second-order valence-corrected chi connectivity index (χ2v) is 9.14. The summed E-state index contributed by atoms with van der Waals surface area (Å²) in [7, 11) is 0. The van der Waals surface area contributed by atoms with E-state index in [1.54, 1.807) is 0 Å². The van der Waals surface area contributed by atoms with Gasteiger partial charge in [0.2, 0.25) is 0 Å². The van der Waals surface area contributed by atoms with E-state index in [1.165, 1.54) is 75.3 Å². The van der Waals surface area contributed by atoms with E-state index in [1.807, 2.05) is 0 Å². The molecule has 0 radical (unpaired) electrons. The Hall–Kier alpha value is -2.20. The molecule has 0 saturated heterocycles. The number of unbranched alkanes of at least 4 members (excludes halogenated alkanes) is 4. The quantitative estimate of drug-likeness (QED) is 0.278. The SMILES string of the molecule is CCCCCOc1ccc(-c2ccc(C#CC3CCC(CCCCC)CC3)cc2)cc1. The highest BCUT2D eigenvalue weighted by Gasteiger charge is 2.19. The van der Waals surface area contributed by atoms with Gasteiger partial charge in [0.15, 0.2) is 0 Å². The molecule has 1 fully saturated rings. The third-order valence-electron chi connectivity index (χ3n) is 6.57. The Bertz CT molecular complexity index is 798. The first-order valence-corrected chi connectivity index (χ1v) is 12.6. The zero-order valence-electron chi connectivity index (χ0n) is 19.7. The molecule has 0 spiro atoms. The van der Waals surface area contributed by atoms with Crippen molar-refractivity contribution < 1.29 is 4.74 Å². The number of hydrogen-bond acceptors (Lipinski definition) is 1. The third-order valence-corrected chi connectivity index (χ3v) is 6.57. The Morgan fingerprint density at radius 1 is 0.742 bits per heavy atom. The Labute approximate surface area is 190 Å². The van der Waals surface area contributed by atoms with Crippen molar-refractivity contribution in [3.8, 4) is 28.7 Å². The predicted octanol–water partition coefficient (Wildman–Crippen LogP) is 8.66. The zero-order valence-corrected chi connectivity index (χ0v) is 19.7. The first kappa shape index (κ1) is 23.5. The second kappa shape index (κ2) is 13.3. The molecule has 3 rings (SSSR count). The molecule has 1 saturated carbocycles. The summed E-state index contributed by atoms with van der Waals surface area (Å²) in [6, 6.07) is 17.1. The Morgan fingerprint density at radius 2 is 1.35 bits per heavy atom. The van der Waals surface area contributed by atoms with Crippen LogP contribution in [0, 0.1) is 23.7 Å². The lowest BCUT2D eigenvalue weighted by Gasteiger charge is -2.25. The van der Waals surface area contributed by atoms with Crippen LogP contribution in [0.5, 0.6) is 5.75 Å². The van der Waals surface area contributed by atoms with Gasteiger partial charge in [-0.1, -0.05) is 88.5 Å². The van der Waals surface area contributed by atoms with Gasteiger partial charge in [-0.15, -0.1) is 0 Å². The number of rotatable bonds is 10. The molecule has 1 heteroatoms. The van der Waals surface area contributed by atoms with Crippen molar-refractivity contribution in [1.82, 2.24) is 0 Å². The van der Waals surface area contributed by atoms with E-state index in [2.05, 4.69) is 74.2 Å². The lowest BCUT2D eigenvalue weighted by Crippen LogP contribution is -2.13. The van der Waals surface area contributed by atoms with Gasteiger partial charge in [0.05, 0.1) is 6.61 Å². The molecule has 2 aromatic rings. The highest BCUT2D eigenvalue weighted by atomic mass is 16.5. The summed E-state index contributed by atoms with van der Waals surface area (Å²) in [6.07, 6.45) is 14.5. The first-order valence-electron chi connectivity index (χ1n) is 12.6. The maximum atomic E-state index is 5.82. The molecule has 1 nitrogen and oxygen atoms in total. The zero-order chi connectivity index (χ0) is 21.7. The molecule has 0 bridgehead atoms.